The van der Waals surface area contributed by atoms with Gasteiger partial charge in [-0.25, -0.2) is 0 Å². The van der Waals surface area contributed by atoms with E-state index >= 15 is 0 Å². The molecule has 2 aliphatic heterocycles. The molecular formula is C19H18O3. The standard InChI is InChI=1S/C19H18O3/c1-4-11-7-9(2)14(10(3)8-11)17-18(20)15-12-5-6-13(22-12)16(15)19(17)21/h1,7-8,12-13,15-17H,5-6H2,2-3H3. The second-order valence-electron chi connectivity index (χ2n) is 6.75. The number of fused-ring (bicyclic) bond motifs is 5. The van der Waals surface area contributed by atoms with Crippen LogP contribution in [0.4, 0.5) is 0 Å². The third-order valence-corrected chi connectivity index (χ3v) is 5.55. The van der Waals surface area contributed by atoms with Gasteiger partial charge in [0.1, 0.15) is 5.92 Å². The molecule has 0 radical (unpaired) electrons. The van der Waals surface area contributed by atoms with E-state index in [1.807, 2.05) is 26.0 Å². The molecule has 1 saturated carbocycles. The average molecular weight is 294 g/mol. The zero-order valence-corrected chi connectivity index (χ0v) is 12.8. The highest BCUT2D eigenvalue weighted by Gasteiger charge is 2.63. The summed E-state index contributed by atoms with van der Waals surface area (Å²) in [6.45, 7) is 3.87. The van der Waals surface area contributed by atoms with Crippen LogP contribution in [0.15, 0.2) is 12.1 Å². The Morgan fingerprint density at radius 1 is 1.05 bits per heavy atom. The molecule has 112 valence electrons. The van der Waals surface area contributed by atoms with Crippen LogP contribution in [-0.2, 0) is 14.3 Å². The molecule has 3 nitrogen and oxygen atoms in total. The van der Waals surface area contributed by atoms with Crippen LogP contribution >= 0.6 is 0 Å². The second-order valence-corrected chi connectivity index (χ2v) is 6.75. The zero-order chi connectivity index (χ0) is 15.6. The third-order valence-electron chi connectivity index (χ3n) is 5.55. The lowest BCUT2D eigenvalue weighted by molar-refractivity contribution is -0.127. The van der Waals surface area contributed by atoms with E-state index < -0.39 is 5.92 Å². The molecule has 0 amide bonds. The lowest BCUT2D eigenvalue weighted by Crippen LogP contribution is -2.29. The maximum Gasteiger partial charge on any atom is 0.154 e. The van der Waals surface area contributed by atoms with Crippen LogP contribution < -0.4 is 0 Å². The number of terminal acetylenes is 1. The maximum atomic E-state index is 12.9. The largest absolute Gasteiger partial charge is 0.373 e. The third kappa shape index (κ3) is 1.62. The summed E-state index contributed by atoms with van der Waals surface area (Å²) in [6, 6.07) is 3.78. The lowest BCUT2D eigenvalue weighted by Gasteiger charge is -2.17. The summed E-state index contributed by atoms with van der Waals surface area (Å²) in [5.74, 6) is 1.68. The highest BCUT2D eigenvalue weighted by atomic mass is 16.5. The number of ether oxygens (including phenoxy) is 1. The normalized spacial score (nSPS) is 35.8. The van der Waals surface area contributed by atoms with Crippen LogP contribution in [-0.4, -0.2) is 23.8 Å². The first-order valence-electron chi connectivity index (χ1n) is 7.83. The van der Waals surface area contributed by atoms with Gasteiger partial charge < -0.3 is 4.74 Å². The van der Waals surface area contributed by atoms with Crippen LogP contribution in [0.5, 0.6) is 0 Å². The Morgan fingerprint density at radius 3 is 2.00 bits per heavy atom. The van der Waals surface area contributed by atoms with E-state index in [0.717, 1.165) is 35.1 Å². The molecular weight excluding hydrogens is 276 g/mol. The quantitative estimate of drug-likeness (QED) is 0.590. The molecule has 4 atom stereocenters. The van der Waals surface area contributed by atoms with Gasteiger partial charge in [0.25, 0.3) is 0 Å². The molecule has 4 unspecified atom stereocenters. The molecule has 4 rings (SSSR count). The SMILES string of the molecule is C#Cc1cc(C)c(C2C(=O)C3C4CCC(O4)C3C2=O)c(C)c1. The molecule has 0 N–H and O–H groups in total. The van der Waals surface area contributed by atoms with Crippen molar-refractivity contribution in [2.45, 2.75) is 44.8 Å². The minimum Gasteiger partial charge on any atom is -0.373 e. The van der Waals surface area contributed by atoms with Gasteiger partial charge in [0.2, 0.25) is 0 Å². The van der Waals surface area contributed by atoms with Gasteiger partial charge >= 0.3 is 0 Å². The van der Waals surface area contributed by atoms with Crippen molar-refractivity contribution in [3.05, 3.63) is 34.4 Å². The summed E-state index contributed by atoms with van der Waals surface area (Å²) < 4.78 is 5.79. The number of hydrogen-bond donors (Lipinski definition) is 0. The number of ketones is 2. The van der Waals surface area contributed by atoms with E-state index in [0.29, 0.717) is 0 Å². The van der Waals surface area contributed by atoms with Gasteiger partial charge in [0.15, 0.2) is 11.6 Å². The predicted octanol–water partition coefficient (Wildman–Crippen LogP) is 2.31. The molecule has 3 aliphatic rings. The first-order valence-corrected chi connectivity index (χ1v) is 7.83. The summed E-state index contributed by atoms with van der Waals surface area (Å²) >= 11 is 0. The highest BCUT2D eigenvalue weighted by molar-refractivity contribution is 6.17. The molecule has 1 aromatic carbocycles. The van der Waals surface area contributed by atoms with Gasteiger partial charge in [0.05, 0.1) is 24.0 Å². The number of hydrogen-bond acceptors (Lipinski definition) is 3. The molecule has 2 heterocycles. The van der Waals surface area contributed by atoms with Gasteiger partial charge in [-0.05, 0) is 55.5 Å². The number of aryl methyl sites for hydroxylation is 2. The molecule has 22 heavy (non-hydrogen) atoms. The fraction of sp³-hybridized carbons (Fsp3) is 0.474. The Hall–Kier alpha value is -1.92. The van der Waals surface area contributed by atoms with Crippen LogP contribution in [0.3, 0.4) is 0 Å². The second kappa shape index (κ2) is 4.54. The summed E-state index contributed by atoms with van der Waals surface area (Å²) in [5.41, 5.74) is 3.53. The molecule has 3 heteroatoms. The molecule has 0 spiro atoms. The van der Waals surface area contributed by atoms with Crippen molar-refractivity contribution < 1.29 is 14.3 Å². The first-order chi connectivity index (χ1) is 10.5. The molecule has 1 aromatic rings. The Kier molecular flexibility index (Phi) is 2.83. The van der Waals surface area contributed by atoms with E-state index in [-0.39, 0.29) is 35.6 Å². The number of Topliss-reactive ketones (excluding diaryl/α,β-unsaturated/α-hetero) is 2. The lowest BCUT2D eigenvalue weighted by atomic mass is 9.81. The summed E-state index contributed by atoms with van der Waals surface area (Å²) in [5, 5.41) is 0. The van der Waals surface area contributed by atoms with Crippen molar-refractivity contribution in [3.63, 3.8) is 0 Å². The first kappa shape index (κ1) is 13.7. The fourth-order valence-corrected chi connectivity index (χ4v) is 4.72. The van der Waals surface area contributed by atoms with Gasteiger partial charge in [-0.2, -0.15) is 0 Å². The van der Waals surface area contributed by atoms with E-state index in [2.05, 4.69) is 5.92 Å². The van der Waals surface area contributed by atoms with Crippen LogP contribution in [0, 0.1) is 38.0 Å². The van der Waals surface area contributed by atoms with Crippen molar-refractivity contribution in [2.24, 2.45) is 11.8 Å². The fourth-order valence-electron chi connectivity index (χ4n) is 4.72. The van der Waals surface area contributed by atoms with E-state index in [9.17, 15) is 9.59 Å². The molecule has 2 saturated heterocycles. The van der Waals surface area contributed by atoms with Crippen LogP contribution in [0.2, 0.25) is 0 Å². The summed E-state index contributed by atoms with van der Waals surface area (Å²) in [6.07, 6.45) is 7.20. The molecule has 0 aromatic heterocycles. The topological polar surface area (TPSA) is 43.4 Å². The molecule has 3 fully saturated rings. The number of carbonyl (C=O) groups is 2. The minimum atomic E-state index is -0.617. The molecule has 2 bridgehead atoms. The highest BCUT2D eigenvalue weighted by Crippen LogP contribution is 2.52. The van der Waals surface area contributed by atoms with Gasteiger partial charge in [-0.15, -0.1) is 6.42 Å². The Balaban J connectivity index is 1.80. The van der Waals surface area contributed by atoms with E-state index in [1.165, 1.54) is 0 Å². The Morgan fingerprint density at radius 2 is 1.55 bits per heavy atom. The monoisotopic (exact) mass is 294 g/mol. The minimum absolute atomic E-state index is 0.0398. The molecule has 1 aliphatic carbocycles. The van der Waals surface area contributed by atoms with E-state index in [1.54, 1.807) is 0 Å². The van der Waals surface area contributed by atoms with Crippen molar-refractivity contribution in [2.75, 3.05) is 0 Å². The van der Waals surface area contributed by atoms with Crippen molar-refractivity contribution in [1.82, 2.24) is 0 Å². The van der Waals surface area contributed by atoms with Gasteiger partial charge in [-0.1, -0.05) is 5.92 Å². The number of rotatable bonds is 1. The Bertz CT molecular complexity index is 689. The summed E-state index contributed by atoms with van der Waals surface area (Å²) in [7, 11) is 0. The van der Waals surface area contributed by atoms with Crippen molar-refractivity contribution in [1.29, 1.82) is 0 Å². The van der Waals surface area contributed by atoms with Crippen LogP contribution in [0.25, 0.3) is 0 Å². The number of benzene rings is 1. The van der Waals surface area contributed by atoms with Crippen molar-refractivity contribution in [3.8, 4) is 12.3 Å². The van der Waals surface area contributed by atoms with Gasteiger partial charge in [0, 0.05) is 5.56 Å². The summed E-state index contributed by atoms with van der Waals surface area (Å²) in [4.78, 5) is 25.8. The van der Waals surface area contributed by atoms with E-state index in [4.69, 9.17) is 11.2 Å². The van der Waals surface area contributed by atoms with Gasteiger partial charge in [-0.3, -0.25) is 9.59 Å². The number of carbonyl (C=O) groups excluding carboxylic acids is 2. The van der Waals surface area contributed by atoms with Crippen molar-refractivity contribution >= 4 is 11.6 Å². The smallest absolute Gasteiger partial charge is 0.154 e. The predicted molar refractivity (Wildman–Crippen MR) is 81.5 cm³/mol. The Labute approximate surface area is 130 Å². The zero-order valence-electron chi connectivity index (χ0n) is 12.8. The maximum absolute atomic E-state index is 12.9. The van der Waals surface area contributed by atoms with Crippen LogP contribution in [0.1, 0.15) is 41.0 Å². The average Bonchev–Trinajstić information content (AvgIpc) is 3.15.